The largest absolute Gasteiger partial charge is 0.379 e. The fourth-order valence-corrected chi connectivity index (χ4v) is 5.10. The van der Waals surface area contributed by atoms with Crippen LogP contribution in [0.3, 0.4) is 0 Å². The summed E-state index contributed by atoms with van der Waals surface area (Å²) in [5, 5.41) is 5.15. The molecule has 1 aromatic heterocycles. The molecule has 152 valence electrons. The van der Waals surface area contributed by atoms with E-state index >= 15 is 0 Å². The molecule has 2 aliphatic rings. The quantitative estimate of drug-likeness (QED) is 0.536. The predicted octanol–water partition coefficient (Wildman–Crippen LogP) is 3.76. The highest BCUT2D eigenvalue weighted by molar-refractivity contribution is 7.10. The second kappa shape index (κ2) is 8.14. The van der Waals surface area contributed by atoms with Gasteiger partial charge >= 0.3 is 0 Å². The summed E-state index contributed by atoms with van der Waals surface area (Å²) in [4.78, 5) is 29.3. The minimum absolute atomic E-state index is 0.0139. The normalized spacial score (nSPS) is 16.7. The summed E-state index contributed by atoms with van der Waals surface area (Å²) < 4.78 is 5.48. The first-order valence-electron chi connectivity index (χ1n) is 10.1. The summed E-state index contributed by atoms with van der Waals surface area (Å²) in [6, 6.07) is 17.3. The van der Waals surface area contributed by atoms with E-state index in [4.69, 9.17) is 4.74 Å². The first-order chi connectivity index (χ1) is 14.7. The zero-order chi connectivity index (χ0) is 20.5. The zero-order valence-corrected chi connectivity index (χ0v) is 17.3. The van der Waals surface area contributed by atoms with Crippen molar-refractivity contribution in [3.8, 4) is 11.1 Å². The minimum atomic E-state index is -0.156. The molecule has 0 bridgehead atoms. The third kappa shape index (κ3) is 3.47. The van der Waals surface area contributed by atoms with Crippen molar-refractivity contribution in [2.75, 3.05) is 32.8 Å². The first kappa shape index (κ1) is 19.2. The molecule has 1 fully saturated rings. The van der Waals surface area contributed by atoms with Crippen molar-refractivity contribution in [1.82, 2.24) is 10.2 Å². The number of ketones is 1. The topological polar surface area (TPSA) is 58.6 Å². The van der Waals surface area contributed by atoms with Gasteiger partial charge in [-0.3, -0.25) is 14.5 Å². The van der Waals surface area contributed by atoms with Crippen LogP contribution in [0.4, 0.5) is 0 Å². The van der Waals surface area contributed by atoms with Crippen molar-refractivity contribution in [1.29, 1.82) is 0 Å². The van der Waals surface area contributed by atoms with Gasteiger partial charge in [0.2, 0.25) is 0 Å². The number of carbonyl (C=O) groups excluding carboxylic acids is 2. The molecule has 2 aromatic carbocycles. The molecule has 0 spiro atoms. The summed E-state index contributed by atoms with van der Waals surface area (Å²) in [6.45, 7) is 3.64. The van der Waals surface area contributed by atoms with Gasteiger partial charge < -0.3 is 10.1 Å². The van der Waals surface area contributed by atoms with Crippen LogP contribution in [0.5, 0.6) is 0 Å². The van der Waals surface area contributed by atoms with Gasteiger partial charge in [-0.1, -0.05) is 36.4 Å². The Morgan fingerprint density at radius 1 is 1.00 bits per heavy atom. The molecule has 1 N–H and O–H groups in total. The van der Waals surface area contributed by atoms with Gasteiger partial charge in [0.1, 0.15) is 0 Å². The Labute approximate surface area is 179 Å². The summed E-state index contributed by atoms with van der Waals surface area (Å²) in [5.41, 5.74) is 3.66. The number of fused-ring (bicyclic) bond motifs is 3. The van der Waals surface area contributed by atoms with E-state index in [2.05, 4.69) is 21.7 Å². The third-order valence-electron chi connectivity index (χ3n) is 5.80. The molecule has 5 rings (SSSR count). The fraction of sp³-hybridized carbons (Fsp3) is 0.250. The third-order valence-corrected chi connectivity index (χ3v) is 6.78. The van der Waals surface area contributed by atoms with Crippen LogP contribution in [-0.4, -0.2) is 49.4 Å². The van der Waals surface area contributed by atoms with Gasteiger partial charge in [0.25, 0.3) is 5.91 Å². The Hall–Kier alpha value is -2.80. The molecule has 1 atom stereocenters. The van der Waals surface area contributed by atoms with E-state index in [1.807, 2.05) is 36.4 Å². The van der Waals surface area contributed by atoms with E-state index in [0.29, 0.717) is 36.4 Å². The van der Waals surface area contributed by atoms with E-state index in [9.17, 15) is 9.59 Å². The predicted molar refractivity (Wildman–Crippen MR) is 117 cm³/mol. The summed E-state index contributed by atoms with van der Waals surface area (Å²) >= 11 is 1.70. The molecule has 0 radical (unpaired) electrons. The maximum Gasteiger partial charge on any atom is 0.251 e. The standard InChI is InChI=1S/C24H22N2O3S/c27-23-19-5-2-1-4-17(19)18-8-7-16(14-20(18)23)24(28)25-15-21(22-6-3-13-30-22)26-9-11-29-12-10-26/h1-8,13-14,21H,9-12,15H2,(H,25,28)/t21-/m0/s1. The minimum Gasteiger partial charge on any atom is -0.379 e. The van der Waals surface area contributed by atoms with E-state index in [-0.39, 0.29) is 17.7 Å². The van der Waals surface area contributed by atoms with Gasteiger partial charge in [-0.2, -0.15) is 0 Å². The first-order valence-corrected chi connectivity index (χ1v) is 11.0. The molecule has 30 heavy (non-hydrogen) atoms. The number of hydrogen-bond acceptors (Lipinski definition) is 5. The molecule has 1 aliphatic heterocycles. The lowest BCUT2D eigenvalue weighted by Gasteiger charge is -2.34. The van der Waals surface area contributed by atoms with Crippen LogP contribution in [0.25, 0.3) is 11.1 Å². The molecule has 2 heterocycles. The Bertz CT molecular complexity index is 1090. The van der Waals surface area contributed by atoms with Crippen LogP contribution in [0, 0.1) is 0 Å². The average molecular weight is 419 g/mol. The number of benzene rings is 2. The Kier molecular flexibility index (Phi) is 5.21. The van der Waals surface area contributed by atoms with Crippen molar-refractivity contribution in [2.45, 2.75) is 6.04 Å². The highest BCUT2D eigenvalue weighted by Gasteiger charge is 2.28. The number of carbonyl (C=O) groups is 2. The van der Waals surface area contributed by atoms with Gasteiger partial charge in [-0.05, 0) is 34.7 Å². The van der Waals surface area contributed by atoms with Crippen molar-refractivity contribution < 1.29 is 14.3 Å². The summed E-state index contributed by atoms with van der Waals surface area (Å²) in [7, 11) is 0. The Balaban J connectivity index is 1.34. The number of morpholine rings is 1. The molecule has 0 unspecified atom stereocenters. The zero-order valence-electron chi connectivity index (χ0n) is 16.5. The molecule has 6 heteroatoms. The van der Waals surface area contributed by atoms with Crippen LogP contribution in [0.1, 0.15) is 37.2 Å². The number of nitrogens with zero attached hydrogens (tertiary/aromatic N) is 1. The second-order valence-electron chi connectivity index (χ2n) is 7.52. The molecular weight excluding hydrogens is 396 g/mol. The molecular formula is C24H22N2O3S. The molecule has 0 saturated carbocycles. The van der Waals surface area contributed by atoms with Gasteiger partial charge in [0, 0.05) is 41.2 Å². The van der Waals surface area contributed by atoms with Crippen LogP contribution in [0.2, 0.25) is 0 Å². The number of thiophene rings is 1. The van der Waals surface area contributed by atoms with Crippen molar-refractivity contribution in [3.05, 3.63) is 81.5 Å². The SMILES string of the molecule is O=C(NC[C@@H](c1cccs1)N1CCOCC1)c1ccc2c(c1)C(=O)c1ccccc1-2. The highest BCUT2D eigenvalue weighted by atomic mass is 32.1. The number of rotatable bonds is 5. The van der Waals surface area contributed by atoms with Crippen LogP contribution in [0.15, 0.2) is 60.0 Å². The molecule has 1 saturated heterocycles. The summed E-state index contributed by atoms with van der Waals surface area (Å²) in [6.07, 6.45) is 0. The van der Waals surface area contributed by atoms with Crippen molar-refractivity contribution in [2.24, 2.45) is 0 Å². The summed E-state index contributed by atoms with van der Waals surface area (Å²) in [5.74, 6) is -0.170. The number of amides is 1. The fourth-order valence-electron chi connectivity index (χ4n) is 4.24. The molecule has 1 amide bonds. The lowest BCUT2D eigenvalue weighted by molar-refractivity contribution is 0.0169. The smallest absolute Gasteiger partial charge is 0.251 e. The highest BCUT2D eigenvalue weighted by Crippen LogP contribution is 2.36. The lowest BCUT2D eigenvalue weighted by Crippen LogP contribution is -2.43. The van der Waals surface area contributed by atoms with Crippen molar-refractivity contribution in [3.63, 3.8) is 0 Å². The number of hydrogen-bond donors (Lipinski definition) is 1. The van der Waals surface area contributed by atoms with E-state index < -0.39 is 0 Å². The average Bonchev–Trinajstić information content (AvgIpc) is 3.42. The van der Waals surface area contributed by atoms with E-state index in [1.54, 1.807) is 23.5 Å². The van der Waals surface area contributed by atoms with Crippen molar-refractivity contribution >= 4 is 23.0 Å². The second-order valence-corrected chi connectivity index (χ2v) is 8.50. The van der Waals surface area contributed by atoms with Gasteiger partial charge in [0.15, 0.2) is 5.78 Å². The van der Waals surface area contributed by atoms with Gasteiger partial charge in [0.05, 0.1) is 19.3 Å². The van der Waals surface area contributed by atoms with E-state index in [0.717, 1.165) is 24.2 Å². The maximum atomic E-state index is 12.9. The molecule has 1 aliphatic carbocycles. The molecule has 5 nitrogen and oxygen atoms in total. The number of ether oxygens (including phenoxy) is 1. The van der Waals surface area contributed by atoms with E-state index in [1.165, 1.54) is 4.88 Å². The monoisotopic (exact) mass is 418 g/mol. The van der Waals surface area contributed by atoms with Gasteiger partial charge in [-0.15, -0.1) is 11.3 Å². The van der Waals surface area contributed by atoms with Gasteiger partial charge in [-0.25, -0.2) is 0 Å². The molecule has 3 aromatic rings. The van der Waals surface area contributed by atoms with Crippen LogP contribution in [-0.2, 0) is 4.74 Å². The Morgan fingerprint density at radius 2 is 1.77 bits per heavy atom. The lowest BCUT2D eigenvalue weighted by atomic mass is 10.0. The maximum absolute atomic E-state index is 12.9. The number of nitrogens with one attached hydrogen (secondary N) is 1. The Morgan fingerprint density at radius 3 is 2.53 bits per heavy atom. The van der Waals surface area contributed by atoms with Crippen LogP contribution < -0.4 is 5.32 Å². The van der Waals surface area contributed by atoms with Crippen LogP contribution >= 0.6 is 11.3 Å².